The molecule has 0 bridgehead atoms. The molecule has 3 nitrogen and oxygen atoms in total. The van der Waals surface area contributed by atoms with Crippen LogP contribution in [0.2, 0.25) is 18.1 Å². The molecule has 1 N–H and O–H groups in total. The highest BCUT2D eigenvalue weighted by Crippen LogP contribution is 2.43. The van der Waals surface area contributed by atoms with Crippen LogP contribution in [-0.4, -0.2) is 13.3 Å². The van der Waals surface area contributed by atoms with Crippen molar-refractivity contribution >= 4 is 19.2 Å². The first kappa shape index (κ1) is 20.5. The average Bonchev–Trinajstić information content (AvgIpc) is 3.18. The fourth-order valence-corrected chi connectivity index (χ4v) is 4.76. The van der Waals surface area contributed by atoms with Gasteiger partial charge in [0.05, 0.1) is 11.6 Å². The van der Waals surface area contributed by atoms with Gasteiger partial charge in [0.15, 0.2) is 0 Å². The second-order valence-corrected chi connectivity index (χ2v) is 14.3. The lowest BCUT2D eigenvalue weighted by Crippen LogP contribution is -2.40. The summed E-state index contributed by atoms with van der Waals surface area (Å²) in [6, 6.07) is 8.20. The van der Waals surface area contributed by atoms with Crippen molar-refractivity contribution in [2.45, 2.75) is 72.0 Å². The summed E-state index contributed by atoms with van der Waals surface area (Å²) in [5.41, 5.74) is 7.04. The summed E-state index contributed by atoms with van der Waals surface area (Å²) < 4.78 is 6.76. The zero-order valence-electron chi connectivity index (χ0n) is 18.3. The van der Waals surface area contributed by atoms with E-state index in [1.54, 1.807) is 0 Å². The Labute approximate surface area is 170 Å². The van der Waals surface area contributed by atoms with Gasteiger partial charge in [0.2, 0.25) is 8.32 Å². The Kier molecular flexibility index (Phi) is 5.33. The fourth-order valence-electron chi connectivity index (χ4n) is 3.64. The van der Waals surface area contributed by atoms with E-state index in [1.807, 2.05) is 18.2 Å². The summed E-state index contributed by atoms with van der Waals surface area (Å²) in [5.74, 6) is 1.14. The molecular weight excluding hydrogens is 360 g/mol. The summed E-state index contributed by atoms with van der Waals surface area (Å²) in [4.78, 5) is 3.33. The normalized spacial score (nSPS) is 17.2. The van der Waals surface area contributed by atoms with Gasteiger partial charge in [-0.3, -0.25) is 0 Å². The van der Waals surface area contributed by atoms with Gasteiger partial charge in [-0.2, -0.15) is 5.26 Å². The first-order valence-corrected chi connectivity index (χ1v) is 13.0. The Bertz CT molecular complexity index is 1010. The van der Waals surface area contributed by atoms with Crippen LogP contribution in [0.25, 0.3) is 10.9 Å². The van der Waals surface area contributed by atoms with E-state index in [1.165, 1.54) is 22.3 Å². The van der Waals surface area contributed by atoms with Crippen LogP contribution in [0, 0.1) is 11.3 Å². The molecule has 0 radical (unpaired) electrons. The minimum Gasteiger partial charge on any atom is -0.543 e. The van der Waals surface area contributed by atoms with E-state index in [9.17, 15) is 5.26 Å². The van der Waals surface area contributed by atoms with Crippen molar-refractivity contribution in [3.63, 3.8) is 0 Å². The van der Waals surface area contributed by atoms with Crippen molar-refractivity contribution in [2.24, 2.45) is 0 Å². The van der Waals surface area contributed by atoms with Crippen molar-refractivity contribution < 1.29 is 4.43 Å². The van der Waals surface area contributed by atoms with Crippen LogP contribution >= 0.6 is 0 Å². The molecule has 0 atom stereocenters. The Balaban J connectivity index is 1.97. The maximum Gasteiger partial charge on any atom is 0.250 e. The summed E-state index contributed by atoms with van der Waals surface area (Å²) in [6.45, 7) is 15.9. The van der Waals surface area contributed by atoms with Crippen LogP contribution in [-0.2, 0) is 10.8 Å². The van der Waals surface area contributed by atoms with Crippen molar-refractivity contribution in [3.8, 4) is 6.07 Å². The first-order chi connectivity index (χ1) is 13.0. The smallest absolute Gasteiger partial charge is 0.250 e. The van der Waals surface area contributed by atoms with E-state index in [2.05, 4.69) is 65.0 Å². The van der Waals surface area contributed by atoms with Crippen LogP contribution in [0.5, 0.6) is 0 Å². The van der Waals surface area contributed by atoms with Crippen LogP contribution in [0.4, 0.5) is 0 Å². The van der Waals surface area contributed by atoms with Gasteiger partial charge in [0.1, 0.15) is 5.76 Å². The van der Waals surface area contributed by atoms with Crippen molar-refractivity contribution in [1.29, 1.82) is 5.26 Å². The molecule has 28 heavy (non-hydrogen) atoms. The van der Waals surface area contributed by atoms with Gasteiger partial charge in [0.25, 0.3) is 0 Å². The van der Waals surface area contributed by atoms with Crippen molar-refractivity contribution in [3.05, 3.63) is 58.0 Å². The molecule has 0 saturated carbocycles. The van der Waals surface area contributed by atoms with E-state index >= 15 is 0 Å². The Morgan fingerprint density at radius 1 is 1.25 bits per heavy atom. The quantitative estimate of drug-likeness (QED) is 0.570. The number of allylic oxidation sites excluding steroid dienone is 3. The number of nitrogens with zero attached hydrogens (tertiary/aromatic N) is 1. The van der Waals surface area contributed by atoms with E-state index in [-0.39, 0.29) is 5.04 Å². The third kappa shape index (κ3) is 3.68. The van der Waals surface area contributed by atoms with Gasteiger partial charge >= 0.3 is 0 Å². The van der Waals surface area contributed by atoms with Crippen LogP contribution < -0.4 is 0 Å². The molecule has 2 aromatic rings. The minimum atomic E-state index is -1.88. The number of fused-ring (bicyclic) bond motifs is 1. The van der Waals surface area contributed by atoms with Gasteiger partial charge in [-0.25, -0.2) is 0 Å². The number of hydrogen-bond acceptors (Lipinski definition) is 2. The predicted molar refractivity (Wildman–Crippen MR) is 120 cm³/mol. The number of hydrogen-bond donors (Lipinski definition) is 1. The number of nitrogens with one attached hydrogen (secondary N) is 1. The largest absolute Gasteiger partial charge is 0.543 e. The number of H-pyrrole nitrogens is 1. The third-order valence-corrected chi connectivity index (χ3v) is 10.8. The predicted octanol–water partition coefficient (Wildman–Crippen LogP) is 6.99. The van der Waals surface area contributed by atoms with E-state index in [0.29, 0.717) is 0 Å². The molecule has 0 spiro atoms. The molecular formula is C24H32N2OSi. The molecule has 0 fully saturated rings. The fraction of sp³-hybridized carbons (Fsp3) is 0.458. The van der Waals surface area contributed by atoms with Crippen LogP contribution in [0.15, 0.2) is 46.9 Å². The lowest BCUT2D eigenvalue weighted by Gasteiger charge is -2.37. The zero-order valence-corrected chi connectivity index (χ0v) is 19.3. The Morgan fingerprint density at radius 2 is 1.96 bits per heavy atom. The molecule has 148 valence electrons. The summed E-state index contributed by atoms with van der Waals surface area (Å²) in [5, 5.41) is 10.7. The maximum atomic E-state index is 9.51. The average molecular weight is 393 g/mol. The first-order valence-electron chi connectivity index (χ1n) is 10.1. The van der Waals surface area contributed by atoms with Crippen molar-refractivity contribution in [1.82, 2.24) is 4.98 Å². The van der Waals surface area contributed by atoms with Crippen LogP contribution in [0.3, 0.4) is 0 Å². The lowest BCUT2D eigenvalue weighted by atomic mass is 9.98. The van der Waals surface area contributed by atoms with Gasteiger partial charge < -0.3 is 9.41 Å². The molecule has 3 rings (SSSR count). The summed E-state index contributed by atoms with van der Waals surface area (Å²) in [6.07, 6.45) is 5.02. The van der Waals surface area contributed by atoms with E-state index in [4.69, 9.17) is 4.43 Å². The van der Waals surface area contributed by atoms with Gasteiger partial charge in [-0.05, 0) is 80.1 Å². The topological polar surface area (TPSA) is 48.8 Å². The molecule has 1 aliphatic carbocycles. The zero-order chi connectivity index (χ0) is 20.7. The Hall–Kier alpha value is -2.25. The second kappa shape index (κ2) is 7.29. The molecule has 0 amide bonds. The molecule has 4 heteroatoms. The highest BCUT2D eigenvalue weighted by molar-refractivity contribution is 6.74. The monoisotopic (exact) mass is 392 g/mol. The third-order valence-electron chi connectivity index (χ3n) is 6.45. The van der Waals surface area contributed by atoms with Gasteiger partial charge in [-0.15, -0.1) is 0 Å². The molecule has 0 aliphatic heterocycles. The lowest BCUT2D eigenvalue weighted by molar-refractivity contribution is 0.391. The number of benzene rings is 1. The highest BCUT2D eigenvalue weighted by atomic mass is 28.4. The number of aromatic amines is 1. The summed E-state index contributed by atoms with van der Waals surface area (Å²) >= 11 is 0. The summed E-state index contributed by atoms with van der Waals surface area (Å²) in [7, 11) is -1.88. The minimum absolute atomic E-state index is 0.181. The Morgan fingerprint density at radius 3 is 2.61 bits per heavy atom. The molecule has 1 aromatic carbocycles. The highest BCUT2D eigenvalue weighted by Gasteiger charge is 2.40. The number of rotatable bonds is 4. The second-order valence-electron chi connectivity index (χ2n) is 9.56. The standard InChI is InChI=1S/C24H32N2OSi/c1-16-11-12-20(23(16)27-28(6,7)24(3,4)5)17(2)13-19-15-26-21-10-8-9-18(14-25)22(19)21/h8-10,15,26H,11-13H2,1-7H3/b20-17-. The maximum absolute atomic E-state index is 9.51. The van der Waals surface area contributed by atoms with E-state index < -0.39 is 8.32 Å². The van der Waals surface area contributed by atoms with Gasteiger partial charge in [-0.1, -0.05) is 32.4 Å². The van der Waals surface area contributed by atoms with Gasteiger partial charge in [0, 0.05) is 17.1 Å². The molecule has 1 aliphatic rings. The SMILES string of the molecule is CC1=C(O[Si](C)(C)C(C)(C)C)/C(=C(/C)Cc2c[nH]c3cccc(C#N)c23)CC1. The number of aromatic nitrogens is 1. The van der Waals surface area contributed by atoms with E-state index in [0.717, 1.165) is 41.5 Å². The molecule has 0 saturated heterocycles. The molecule has 1 aromatic heterocycles. The van der Waals surface area contributed by atoms with Crippen molar-refractivity contribution in [2.75, 3.05) is 0 Å². The molecule has 1 heterocycles. The number of nitriles is 1. The molecule has 0 unspecified atom stereocenters. The van der Waals surface area contributed by atoms with Crippen LogP contribution in [0.1, 0.15) is 58.6 Å².